The van der Waals surface area contributed by atoms with Gasteiger partial charge in [-0.15, -0.1) is 11.6 Å². The SMILES string of the molecule is CN(C1CCCCC1Cl)S(=O)(=O)N1CCCC1. The van der Waals surface area contributed by atoms with Gasteiger partial charge < -0.3 is 0 Å². The van der Waals surface area contributed by atoms with E-state index in [9.17, 15) is 8.42 Å². The summed E-state index contributed by atoms with van der Waals surface area (Å²) >= 11 is 6.27. The average Bonchev–Trinajstić information content (AvgIpc) is 2.83. The third-order valence-corrected chi connectivity index (χ3v) is 6.40. The van der Waals surface area contributed by atoms with Crippen LogP contribution in [0.4, 0.5) is 0 Å². The first-order valence-electron chi connectivity index (χ1n) is 6.40. The van der Waals surface area contributed by atoms with Gasteiger partial charge in [0.15, 0.2) is 0 Å². The number of rotatable bonds is 3. The molecule has 0 aromatic carbocycles. The summed E-state index contributed by atoms with van der Waals surface area (Å²) in [5.74, 6) is 0. The highest BCUT2D eigenvalue weighted by molar-refractivity contribution is 7.86. The van der Waals surface area contributed by atoms with E-state index in [0.717, 1.165) is 38.5 Å². The van der Waals surface area contributed by atoms with E-state index in [1.54, 1.807) is 11.4 Å². The fourth-order valence-corrected chi connectivity index (χ4v) is 4.94. The maximum Gasteiger partial charge on any atom is 0.282 e. The molecule has 0 spiro atoms. The van der Waals surface area contributed by atoms with Gasteiger partial charge in [0.05, 0.1) is 5.38 Å². The minimum Gasteiger partial charge on any atom is -0.195 e. The zero-order chi connectivity index (χ0) is 12.5. The van der Waals surface area contributed by atoms with Gasteiger partial charge in [0.2, 0.25) is 0 Å². The second kappa shape index (κ2) is 5.43. The Morgan fingerprint density at radius 3 is 2.29 bits per heavy atom. The maximum atomic E-state index is 12.4. The largest absolute Gasteiger partial charge is 0.282 e. The van der Waals surface area contributed by atoms with Gasteiger partial charge in [-0.2, -0.15) is 17.0 Å². The van der Waals surface area contributed by atoms with Crippen LogP contribution in [-0.2, 0) is 10.2 Å². The topological polar surface area (TPSA) is 40.6 Å². The van der Waals surface area contributed by atoms with E-state index >= 15 is 0 Å². The molecule has 0 N–H and O–H groups in total. The second-order valence-electron chi connectivity index (χ2n) is 5.00. The van der Waals surface area contributed by atoms with Gasteiger partial charge in [0, 0.05) is 26.2 Å². The molecule has 0 radical (unpaired) electrons. The predicted molar refractivity (Wildman–Crippen MR) is 69.4 cm³/mol. The Bertz CT molecular complexity index is 354. The van der Waals surface area contributed by atoms with Crippen molar-refractivity contribution in [1.82, 2.24) is 8.61 Å². The summed E-state index contributed by atoms with van der Waals surface area (Å²) < 4.78 is 27.8. The molecule has 0 aromatic heterocycles. The maximum absolute atomic E-state index is 12.4. The van der Waals surface area contributed by atoms with Crippen LogP contribution in [-0.4, -0.2) is 48.6 Å². The molecular formula is C11H21ClN2O2S. The Morgan fingerprint density at radius 1 is 1.12 bits per heavy atom. The molecule has 1 aliphatic heterocycles. The molecule has 1 aliphatic carbocycles. The first-order chi connectivity index (χ1) is 8.03. The molecule has 6 heteroatoms. The Labute approximate surface area is 109 Å². The Morgan fingerprint density at radius 2 is 1.71 bits per heavy atom. The van der Waals surface area contributed by atoms with Crippen LogP contribution in [0.2, 0.25) is 0 Å². The molecule has 2 aliphatic rings. The van der Waals surface area contributed by atoms with Crippen LogP contribution in [0.3, 0.4) is 0 Å². The zero-order valence-corrected chi connectivity index (χ0v) is 11.9. The second-order valence-corrected chi connectivity index (χ2v) is 7.55. The van der Waals surface area contributed by atoms with Crippen LogP contribution in [0.25, 0.3) is 0 Å². The van der Waals surface area contributed by atoms with Gasteiger partial charge >= 0.3 is 0 Å². The fourth-order valence-electron chi connectivity index (χ4n) is 2.75. The number of alkyl halides is 1. The van der Waals surface area contributed by atoms with Crippen molar-refractivity contribution in [3.8, 4) is 0 Å². The summed E-state index contributed by atoms with van der Waals surface area (Å²) in [6, 6.07) is -0.0315. The molecule has 1 saturated carbocycles. The van der Waals surface area contributed by atoms with Crippen LogP contribution < -0.4 is 0 Å². The molecule has 0 bridgehead atoms. The highest BCUT2D eigenvalue weighted by Crippen LogP contribution is 2.29. The normalized spacial score (nSPS) is 32.2. The molecule has 0 amide bonds. The van der Waals surface area contributed by atoms with Crippen molar-refractivity contribution >= 4 is 21.8 Å². The van der Waals surface area contributed by atoms with Gasteiger partial charge in [-0.3, -0.25) is 0 Å². The number of nitrogens with zero attached hydrogens (tertiary/aromatic N) is 2. The highest BCUT2D eigenvalue weighted by atomic mass is 35.5. The molecule has 2 fully saturated rings. The van der Waals surface area contributed by atoms with Crippen molar-refractivity contribution in [2.24, 2.45) is 0 Å². The monoisotopic (exact) mass is 280 g/mol. The van der Waals surface area contributed by atoms with Crippen molar-refractivity contribution in [3.63, 3.8) is 0 Å². The van der Waals surface area contributed by atoms with Gasteiger partial charge in [0.1, 0.15) is 0 Å². The quantitative estimate of drug-likeness (QED) is 0.740. The third kappa shape index (κ3) is 2.78. The van der Waals surface area contributed by atoms with Crippen molar-refractivity contribution in [2.45, 2.75) is 49.9 Å². The van der Waals surface area contributed by atoms with Crippen LogP contribution >= 0.6 is 11.6 Å². The summed E-state index contributed by atoms with van der Waals surface area (Å²) in [6.07, 6.45) is 5.95. The van der Waals surface area contributed by atoms with E-state index in [-0.39, 0.29) is 11.4 Å². The lowest BCUT2D eigenvalue weighted by Gasteiger charge is -2.35. The molecule has 4 nitrogen and oxygen atoms in total. The zero-order valence-electron chi connectivity index (χ0n) is 10.3. The molecule has 17 heavy (non-hydrogen) atoms. The number of halogens is 1. The average molecular weight is 281 g/mol. The lowest BCUT2D eigenvalue weighted by molar-refractivity contribution is 0.273. The minimum absolute atomic E-state index is 0.0315. The van der Waals surface area contributed by atoms with Crippen molar-refractivity contribution < 1.29 is 8.42 Å². The summed E-state index contributed by atoms with van der Waals surface area (Å²) in [6.45, 7) is 1.32. The third-order valence-electron chi connectivity index (χ3n) is 3.87. The fraction of sp³-hybridized carbons (Fsp3) is 1.00. The number of hydrogen-bond acceptors (Lipinski definition) is 2. The highest BCUT2D eigenvalue weighted by Gasteiger charge is 2.37. The van der Waals surface area contributed by atoms with Gasteiger partial charge in [0.25, 0.3) is 10.2 Å². The van der Waals surface area contributed by atoms with Crippen molar-refractivity contribution in [1.29, 1.82) is 0 Å². The summed E-state index contributed by atoms with van der Waals surface area (Å²) in [5.41, 5.74) is 0. The number of hydrogen-bond donors (Lipinski definition) is 0. The van der Waals surface area contributed by atoms with Crippen LogP contribution in [0, 0.1) is 0 Å². The summed E-state index contributed by atoms with van der Waals surface area (Å²) in [7, 11) is -1.61. The molecule has 2 unspecified atom stereocenters. The molecule has 100 valence electrons. The Hall–Kier alpha value is 0.160. The summed E-state index contributed by atoms with van der Waals surface area (Å²) in [5, 5.41) is -0.0360. The van der Waals surface area contributed by atoms with Gasteiger partial charge in [-0.05, 0) is 25.7 Å². The van der Waals surface area contributed by atoms with E-state index in [1.807, 2.05) is 0 Å². The standard InChI is InChI=1S/C11H21ClN2O2S/c1-13(11-7-3-2-6-10(11)12)17(15,16)14-8-4-5-9-14/h10-11H,2-9H2,1H3. The van der Waals surface area contributed by atoms with E-state index < -0.39 is 10.2 Å². The molecular weight excluding hydrogens is 260 g/mol. The lowest BCUT2D eigenvalue weighted by atomic mass is 9.95. The molecule has 1 heterocycles. The predicted octanol–water partition coefficient (Wildman–Crippen LogP) is 1.81. The van der Waals surface area contributed by atoms with E-state index in [4.69, 9.17) is 11.6 Å². The van der Waals surface area contributed by atoms with Gasteiger partial charge in [-0.1, -0.05) is 12.8 Å². The lowest BCUT2D eigenvalue weighted by Crippen LogP contribution is -2.49. The van der Waals surface area contributed by atoms with Crippen molar-refractivity contribution in [2.75, 3.05) is 20.1 Å². The molecule has 1 saturated heterocycles. The molecule has 0 aromatic rings. The first kappa shape index (κ1) is 13.6. The summed E-state index contributed by atoms with van der Waals surface area (Å²) in [4.78, 5) is 0. The Balaban J connectivity index is 2.09. The van der Waals surface area contributed by atoms with Gasteiger partial charge in [-0.25, -0.2) is 0 Å². The van der Waals surface area contributed by atoms with Crippen LogP contribution in [0.15, 0.2) is 0 Å². The van der Waals surface area contributed by atoms with E-state index in [1.165, 1.54) is 4.31 Å². The van der Waals surface area contributed by atoms with Crippen molar-refractivity contribution in [3.05, 3.63) is 0 Å². The molecule has 2 atom stereocenters. The smallest absolute Gasteiger partial charge is 0.195 e. The molecule has 2 rings (SSSR count). The van der Waals surface area contributed by atoms with Crippen LogP contribution in [0.5, 0.6) is 0 Å². The first-order valence-corrected chi connectivity index (χ1v) is 8.24. The van der Waals surface area contributed by atoms with Crippen LogP contribution in [0.1, 0.15) is 38.5 Å². The minimum atomic E-state index is -3.29. The van der Waals surface area contributed by atoms with E-state index in [2.05, 4.69) is 0 Å². The Kier molecular flexibility index (Phi) is 4.34. The van der Waals surface area contributed by atoms with E-state index in [0.29, 0.717) is 13.1 Å².